The summed E-state index contributed by atoms with van der Waals surface area (Å²) in [6.07, 6.45) is 4.45. The molecule has 1 spiro atoms. The van der Waals surface area contributed by atoms with E-state index in [9.17, 15) is 9.59 Å². The lowest BCUT2D eigenvalue weighted by molar-refractivity contribution is -0.134. The van der Waals surface area contributed by atoms with Gasteiger partial charge >= 0.3 is 6.03 Å². The molecule has 2 fully saturated rings. The van der Waals surface area contributed by atoms with E-state index in [1.807, 2.05) is 0 Å². The molecule has 1 aliphatic heterocycles. The van der Waals surface area contributed by atoms with E-state index < -0.39 is 18.3 Å². The van der Waals surface area contributed by atoms with Crippen molar-refractivity contribution in [1.82, 2.24) is 10.2 Å². The summed E-state index contributed by atoms with van der Waals surface area (Å²) in [6, 6.07) is -0.459. The van der Waals surface area contributed by atoms with E-state index in [1.54, 1.807) is 0 Å². The minimum Gasteiger partial charge on any atom is -0.376 e. The normalized spacial score (nSPS) is 25.6. The number of aliphatic hydroxyl groups is 1. The summed E-state index contributed by atoms with van der Waals surface area (Å²) < 4.78 is 0. The van der Waals surface area contributed by atoms with Crippen LogP contribution in [0.25, 0.3) is 0 Å². The molecule has 1 aliphatic carbocycles. The van der Waals surface area contributed by atoms with E-state index in [0.717, 1.165) is 24.2 Å². The second-order valence-electron chi connectivity index (χ2n) is 3.95. The van der Waals surface area contributed by atoms with Gasteiger partial charge in [-0.15, -0.1) is 0 Å². The van der Waals surface area contributed by atoms with Gasteiger partial charge in [-0.2, -0.15) is 0 Å². The highest BCUT2D eigenvalue weighted by atomic mass is 16.3. The van der Waals surface area contributed by atoms with Gasteiger partial charge in [0, 0.05) is 0 Å². The molecule has 0 aromatic heterocycles. The Hall–Kier alpha value is -1.10. The quantitative estimate of drug-likeness (QED) is 0.591. The first kappa shape index (κ1) is 9.45. The molecule has 0 atom stereocenters. The Bertz CT molecular complexity index is 271. The summed E-state index contributed by atoms with van der Waals surface area (Å²) in [4.78, 5) is 24.0. The maximum Gasteiger partial charge on any atom is 0.326 e. The standard InChI is InChI=1S/C9H14N2O3/c12-6-11-7(13)9(10-8(11)14)4-2-1-3-5-9/h12H,1-6H2,(H,10,14). The third kappa shape index (κ3) is 1.19. The van der Waals surface area contributed by atoms with Crippen LogP contribution in [0.1, 0.15) is 32.1 Å². The van der Waals surface area contributed by atoms with Crippen LogP contribution in [0.15, 0.2) is 0 Å². The van der Waals surface area contributed by atoms with Crippen LogP contribution in [-0.4, -0.2) is 34.2 Å². The molecule has 1 heterocycles. The number of amides is 3. The van der Waals surface area contributed by atoms with E-state index in [-0.39, 0.29) is 5.91 Å². The molecule has 0 radical (unpaired) electrons. The molecule has 0 unspecified atom stereocenters. The highest BCUT2D eigenvalue weighted by Gasteiger charge is 2.50. The molecule has 0 aromatic rings. The van der Waals surface area contributed by atoms with Gasteiger partial charge in [0.2, 0.25) is 0 Å². The van der Waals surface area contributed by atoms with E-state index in [1.165, 1.54) is 0 Å². The van der Waals surface area contributed by atoms with E-state index in [0.29, 0.717) is 12.8 Å². The van der Waals surface area contributed by atoms with Crippen molar-refractivity contribution in [3.63, 3.8) is 0 Å². The fourth-order valence-electron chi connectivity index (χ4n) is 2.30. The first-order valence-electron chi connectivity index (χ1n) is 4.95. The molecule has 5 nitrogen and oxygen atoms in total. The van der Waals surface area contributed by atoms with Crippen LogP contribution in [0.5, 0.6) is 0 Å². The molecule has 2 aliphatic rings. The van der Waals surface area contributed by atoms with Crippen LogP contribution in [0, 0.1) is 0 Å². The molecule has 5 heteroatoms. The summed E-state index contributed by atoms with van der Waals surface area (Å²) in [5.74, 6) is -0.260. The molecule has 0 bridgehead atoms. The lowest BCUT2D eigenvalue weighted by Gasteiger charge is -2.30. The topological polar surface area (TPSA) is 69.6 Å². The van der Waals surface area contributed by atoms with Crippen molar-refractivity contribution >= 4 is 11.9 Å². The van der Waals surface area contributed by atoms with Crippen molar-refractivity contribution in [2.24, 2.45) is 0 Å². The van der Waals surface area contributed by atoms with Gasteiger partial charge in [0.05, 0.1) is 0 Å². The summed E-state index contributed by atoms with van der Waals surface area (Å²) in [5, 5.41) is 11.6. The Morgan fingerprint density at radius 2 is 1.93 bits per heavy atom. The van der Waals surface area contributed by atoms with Gasteiger partial charge in [-0.05, 0) is 12.8 Å². The average Bonchev–Trinajstić information content (AvgIpc) is 2.40. The third-order valence-electron chi connectivity index (χ3n) is 3.09. The Labute approximate surface area is 82.1 Å². The summed E-state index contributed by atoms with van der Waals surface area (Å²) in [6.45, 7) is -0.521. The number of rotatable bonds is 1. The smallest absolute Gasteiger partial charge is 0.326 e. The number of urea groups is 1. The number of hydrogen-bond donors (Lipinski definition) is 2. The Balaban J connectivity index is 2.21. The van der Waals surface area contributed by atoms with Crippen LogP contribution in [0.4, 0.5) is 4.79 Å². The van der Waals surface area contributed by atoms with Gasteiger partial charge < -0.3 is 10.4 Å². The molecule has 2 N–H and O–H groups in total. The Morgan fingerprint density at radius 3 is 2.43 bits per heavy atom. The zero-order chi connectivity index (χ0) is 10.2. The number of nitrogens with zero attached hydrogens (tertiary/aromatic N) is 1. The van der Waals surface area contributed by atoms with Crippen LogP contribution in [-0.2, 0) is 4.79 Å². The number of carbonyl (C=O) groups excluding carboxylic acids is 2. The second-order valence-corrected chi connectivity index (χ2v) is 3.95. The lowest BCUT2D eigenvalue weighted by Crippen LogP contribution is -2.48. The molecule has 1 saturated carbocycles. The number of imide groups is 1. The molecular formula is C9H14N2O3. The van der Waals surface area contributed by atoms with Crippen molar-refractivity contribution in [2.45, 2.75) is 37.6 Å². The third-order valence-corrected chi connectivity index (χ3v) is 3.09. The maximum atomic E-state index is 11.8. The predicted octanol–water partition coefficient (Wildman–Crippen LogP) is 0.191. The van der Waals surface area contributed by atoms with Crippen LogP contribution in [0.3, 0.4) is 0 Å². The highest BCUT2D eigenvalue weighted by molar-refractivity contribution is 6.06. The van der Waals surface area contributed by atoms with Gasteiger partial charge in [0.1, 0.15) is 12.3 Å². The number of hydrogen-bond acceptors (Lipinski definition) is 3. The Kier molecular flexibility index (Phi) is 2.19. The first-order valence-corrected chi connectivity index (χ1v) is 4.95. The van der Waals surface area contributed by atoms with Gasteiger partial charge in [-0.25, -0.2) is 9.69 Å². The number of nitrogens with one attached hydrogen (secondary N) is 1. The van der Waals surface area contributed by atoms with Crippen molar-refractivity contribution in [2.75, 3.05) is 6.73 Å². The second kappa shape index (κ2) is 3.24. The molecule has 0 aromatic carbocycles. The number of carbonyl (C=O) groups is 2. The van der Waals surface area contributed by atoms with Crippen molar-refractivity contribution in [1.29, 1.82) is 0 Å². The van der Waals surface area contributed by atoms with E-state index in [4.69, 9.17) is 5.11 Å². The highest BCUT2D eigenvalue weighted by Crippen LogP contribution is 2.33. The van der Waals surface area contributed by atoms with Gasteiger partial charge in [-0.1, -0.05) is 19.3 Å². The minimum atomic E-state index is -0.696. The van der Waals surface area contributed by atoms with Crippen LogP contribution >= 0.6 is 0 Å². The Morgan fingerprint density at radius 1 is 1.29 bits per heavy atom. The maximum absolute atomic E-state index is 11.8. The van der Waals surface area contributed by atoms with Crippen LogP contribution < -0.4 is 5.32 Å². The zero-order valence-corrected chi connectivity index (χ0v) is 7.95. The molecule has 3 amide bonds. The average molecular weight is 198 g/mol. The zero-order valence-electron chi connectivity index (χ0n) is 7.95. The van der Waals surface area contributed by atoms with Crippen LogP contribution in [0.2, 0.25) is 0 Å². The van der Waals surface area contributed by atoms with E-state index in [2.05, 4.69) is 5.32 Å². The van der Waals surface area contributed by atoms with Crippen molar-refractivity contribution < 1.29 is 14.7 Å². The predicted molar refractivity (Wildman–Crippen MR) is 48.3 cm³/mol. The molecule has 78 valence electrons. The van der Waals surface area contributed by atoms with Crippen molar-refractivity contribution in [3.8, 4) is 0 Å². The minimum absolute atomic E-state index is 0.260. The number of aliphatic hydroxyl groups excluding tert-OH is 1. The fraction of sp³-hybridized carbons (Fsp3) is 0.778. The van der Waals surface area contributed by atoms with Crippen molar-refractivity contribution in [3.05, 3.63) is 0 Å². The largest absolute Gasteiger partial charge is 0.376 e. The molecule has 1 saturated heterocycles. The molecule has 2 rings (SSSR count). The SMILES string of the molecule is O=C1NC2(CCCCC2)C(=O)N1CO. The van der Waals surface area contributed by atoms with Gasteiger partial charge in [0.15, 0.2) is 0 Å². The van der Waals surface area contributed by atoms with Gasteiger partial charge in [-0.3, -0.25) is 4.79 Å². The monoisotopic (exact) mass is 198 g/mol. The summed E-state index contributed by atoms with van der Waals surface area (Å²) >= 11 is 0. The first-order chi connectivity index (χ1) is 6.69. The summed E-state index contributed by atoms with van der Waals surface area (Å²) in [7, 11) is 0. The summed E-state index contributed by atoms with van der Waals surface area (Å²) in [5.41, 5.74) is -0.696. The lowest BCUT2D eigenvalue weighted by atomic mass is 9.82. The van der Waals surface area contributed by atoms with Gasteiger partial charge in [0.25, 0.3) is 5.91 Å². The van der Waals surface area contributed by atoms with E-state index >= 15 is 0 Å². The molecule has 14 heavy (non-hydrogen) atoms. The molecular weight excluding hydrogens is 184 g/mol. The fourth-order valence-corrected chi connectivity index (χ4v) is 2.30.